The fourth-order valence-electron chi connectivity index (χ4n) is 1.63. The molecule has 0 aliphatic rings. The zero-order valence-electron chi connectivity index (χ0n) is 12.1. The molecule has 108 valence electrons. The smallest absolute Gasteiger partial charge is 0.360 e. The van der Waals surface area contributed by atoms with Crippen LogP contribution in [-0.4, -0.2) is 32.6 Å². The summed E-state index contributed by atoms with van der Waals surface area (Å²) in [6.45, 7) is 8.34. The number of aromatic nitrogens is 4. The zero-order chi connectivity index (χ0) is 14.7. The maximum absolute atomic E-state index is 11.9. The van der Waals surface area contributed by atoms with Crippen molar-refractivity contribution in [3.05, 3.63) is 29.2 Å². The third-order valence-electron chi connectivity index (χ3n) is 2.87. The summed E-state index contributed by atoms with van der Waals surface area (Å²) in [6, 6.07) is 0. The lowest BCUT2D eigenvalue weighted by Crippen LogP contribution is -2.12. The normalized spacial score (nSPS) is 11.1. The summed E-state index contributed by atoms with van der Waals surface area (Å²) < 4.78 is 11.9. The molecule has 2 aromatic rings. The summed E-state index contributed by atoms with van der Waals surface area (Å²) in [7, 11) is 0. The van der Waals surface area contributed by atoms with Crippen molar-refractivity contribution in [1.29, 1.82) is 0 Å². The minimum atomic E-state index is -0.445. The van der Waals surface area contributed by atoms with E-state index in [-0.39, 0.29) is 11.6 Å². The van der Waals surface area contributed by atoms with Gasteiger partial charge in [0, 0.05) is 0 Å². The maximum atomic E-state index is 11.9. The van der Waals surface area contributed by atoms with Crippen molar-refractivity contribution in [1.82, 2.24) is 20.0 Å². The molecule has 0 N–H and O–H groups in total. The molecular formula is C13H18N4O3. The van der Waals surface area contributed by atoms with E-state index >= 15 is 0 Å². The third-order valence-corrected chi connectivity index (χ3v) is 2.87. The minimum Gasteiger partial charge on any atom is -0.461 e. The number of rotatable bonds is 5. The molecule has 20 heavy (non-hydrogen) atoms. The Hall–Kier alpha value is -2.18. The number of hydrogen-bond acceptors (Lipinski definition) is 6. The second kappa shape index (κ2) is 5.85. The van der Waals surface area contributed by atoms with Gasteiger partial charge >= 0.3 is 5.97 Å². The van der Waals surface area contributed by atoms with Crippen molar-refractivity contribution in [3.8, 4) is 0 Å². The van der Waals surface area contributed by atoms with Crippen LogP contribution in [0.5, 0.6) is 0 Å². The van der Waals surface area contributed by atoms with Gasteiger partial charge in [0.25, 0.3) is 0 Å². The summed E-state index contributed by atoms with van der Waals surface area (Å²) in [6.07, 6.45) is 1.38. The average molecular weight is 278 g/mol. The Bertz CT molecular complexity index is 601. The highest BCUT2D eigenvalue weighted by atomic mass is 16.5. The summed E-state index contributed by atoms with van der Waals surface area (Å²) in [5.74, 6) is 0.565. The van der Waals surface area contributed by atoms with Gasteiger partial charge in [0.05, 0.1) is 18.8 Å². The topological polar surface area (TPSA) is 83.0 Å². The molecule has 2 rings (SSSR count). The standard InChI is InChI=1S/C13H18N4O3/c1-8(2)6-19-13(18)12-9(3)17(16-15-12)5-11-10(4)20-7-14-11/h7-8H,5-6H2,1-4H3. The monoisotopic (exact) mass is 278 g/mol. The Kier molecular flexibility index (Phi) is 4.16. The second-order valence-electron chi connectivity index (χ2n) is 5.03. The van der Waals surface area contributed by atoms with Crippen LogP contribution in [0.2, 0.25) is 0 Å². The van der Waals surface area contributed by atoms with Gasteiger partial charge in [-0.3, -0.25) is 0 Å². The van der Waals surface area contributed by atoms with Crippen molar-refractivity contribution in [3.63, 3.8) is 0 Å². The highest BCUT2D eigenvalue weighted by molar-refractivity contribution is 5.88. The second-order valence-corrected chi connectivity index (χ2v) is 5.03. The Balaban J connectivity index is 2.11. The van der Waals surface area contributed by atoms with Crippen LogP contribution in [0.25, 0.3) is 0 Å². The number of nitrogens with zero attached hydrogens (tertiary/aromatic N) is 4. The molecule has 2 heterocycles. The van der Waals surface area contributed by atoms with Crippen molar-refractivity contribution in [2.75, 3.05) is 6.61 Å². The lowest BCUT2D eigenvalue weighted by molar-refractivity contribution is 0.0451. The van der Waals surface area contributed by atoms with Crippen molar-refractivity contribution < 1.29 is 13.9 Å². The molecule has 2 aromatic heterocycles. The number of esters is 1. The SMILES string of the molecule is Cc1ocnc1Cn1nnc(C(=O)OCC(C)C)c1C. The predicted octanol–water partition coefficient (Wildman–Crippen LogP) is 1.74. The molecule has 0 unspecified atom stereocenters. The van der Waals surface area contributed by atoms with Crippen LogP contribution < -0.4 is 0 Å². The van der Waals surface area contributed by atoms with Gasteiger partial charge in [-0.1, -0.05) is 19.1 Å². The molecule has 7 nitrogen and oxygen atoms in total. The van der Waals surface area contributed by atoms with Crippen LogP contribution in [0.3, 0.4) is 0 Å². The summed E-state index contributed by atoms with van der Waals surface area (Å²) >= 11 is 0. The van der Waals surface area contributed by atoms with E-state index < -0.39 is 5.97 Å². The molecule has 0 saturated heterocycles. The highest BCUT2D eigenvalue weighted by Gasteiger charge is 2.19. The third kappa shape index (κ3) is 3.04. The predicted molar refractivity (Wildman–Crippen MR) is 70.2 cm³/mol. The fourth-order valence-corrected chi connectivity index (χ4v) is 1.63. The van der Waals surface area contributed by atoms with E-state index in [1.165, 1.54) is 6.39 Å². The Morgan fingerprint density at radius 3 is 2.80 bits per heavy atom. The number of aryl methyl sites for hydroxylation is 1. The fraction of sp³-hybridized carbons (Fsp3) is 0.538. The Morgan fingerprint density at radius 2 is 2.20 bits per heavy atom. The molecule has 0 bridgehead atoms. The van der Waals surface area contributed by atoms with E-state index in [9.17, 15) is 4.79 Å². The number of carbonyl (C=O) groups excluding carboxylic acids is 1. The van der Waals surface area contributed by atoms with Crippen LogP contribution in [-0.2, 0) is 11.3 Å². The zero-order valence-corrected chi connectivity index (χ0v) is 12.1. The van der Waals surface area contributed by atoms with Crippen LogP contribution in [0, 0.1) is 19.8 Å². The molecular weight excluding hydrogens is 260 g/mol. The van der Waals surface area contributed by atoms with E-state index in [0.29, 0.717) is 18.8 Å². The van der Waals surface area contributed by atoms with E-state index in [4.69, 9.17) is 9.15 Å². The van der Waals surface area contributed by atoms with Crippen LogP contribution in [0.15, 0.2) is 10.8 Å². The molecule has 0 atom stereocenters. The van der Waals surface area contributed by atoms with Gasteiger partial charge in [0.1, 0.15) is 11.5 Å². The maximum Gasteiger partial charge on any atom is 0.360 e. The van der Waals surface area contributed by atoms with Gasteiger partial charge in [-0.2, -0.15) is 0 Å². The minimum absolute atomic E-state index is 0.242. The van der Waals surface area contributed by atoms with Gasteiger partial charge < -0.3 is 9.15 Å². The first-order valence-electron chi connectivity index (χ1n) is 6.45. The number of carbonyl (C=O) groups is 1. The number of oxazole rings is 1. The molecule has 0 aliphatic carbocycles. The van der Waals surface area contributed by atoms with Crippen molar-refractivity contribution in [2.45, 2.75) is 34.2 Å². The largest absolute Gasteiger partial charge is 0.461 e. The van der Waals surface area contributed by atoms with E-state index in [2.05, 4.69) is 15.3 Å². The van der Waals surface area contributed by atoms with Gasteiger partial charge in [-0.25, -0.2) is 14.5 Å². The Labute approximate surface area is 116 Å². The highest BCUT2D eigenvalue weighted by Crippen LogP contribution is 2.11. The van der Waals surface area contributed by atoms with Gasteiger partial charge in [-0.15, -0.1) is 5.10 Å². The molecule has 0 saturated carbocycles. The van der Waals surface area contributed by atoms with Crippen LogP contribution in [0.1, 0.15) is 41.5 Å². The first-order chi connectivity index (χ1) is 9.49. The van der Waals surface area contributed by atoms with Gasteiger partial charge in [-0.05, 0) is 19.8 Å². The first-order valence-corrected chi connectivity index (χ1v) is 6.45. The molecule has 0 aromatic carbocycles. The lowest BCUT2D eigenvalue weighted by Gasteiger charge is -2.06. The molecule has 0 amide bonds. The first kappa shape index (κ1) is 14.2. The van der Waals surface area contributed by atoms with E-state index in [1.807, 2.05) is 20.8 Å². The summed E-state index contributed by atoms with van der Waals surface area (Å²) in [5.41, 5.74) is 1.66. The quantitative estimate of drug-likeness (QED) is 0.775. The molecule has 0 fully saturated rings. The number of ether oxygens (including phenoxy) is 1. The van der Waals surface area contributed by atoms with Crippen molar-refractivity contribution >= 4 is 5.97 Å². The van der Waals surface area contributed by atoms with Gasteiger partial charge in [0.2, 0.25) is 0 Å². The van der Waals surface area contributed by atoms with E-state index in [0.717, 1.165) is 11.5 Å². The Morgan fingerprint density at radius 1 is 1.45 bits per heavy atom. The lowest BCUT2D eigenvalue weighted by atomic mass is 10.2. The molecule has 0 aliphatic heterocycles. The van der Waals surface area contributed by atoms with Gasteiger partial charge in [0.15, 0.2) is 12.1 Å². The van der Waals surface area contributed by atoms with Crippen LogP contribution in [0.4, 0.5) is 0 Å². The summed E-state index contributed by atoms with van der Waals surface area (Å²) in [4.78, 5) is 16.0. The molecule has 0 spiro atoms. The summed E-state index contributed by atoms with van der Waals surface area (Å²) in [5, 5.41) is 7.85. The van der Waals surface area contributed by atoms with Crippen molar-refractivity contribution in [2.24, 2.45) is 5.92 Å². The molecule has 7 heteroatoms. The molecule has 0 radical (unpaired) electrons. The average Bonchev–Trinajstić information content (AvgIpc) is 2.95. The van der Waals surface area contributed by atoms with Crippen LogP contribution >= 0.6 is 0 Å². The van der Waals surface area contributed by atoms with E-state index in [1.54, 1.807) is 11.6 Å². The number of hydrogen-bond donors (Lipinski definition) is 0.